The Hall–Kier alpha value is -1.69. The van der Waals surface area contributed by atoms with Crippen molar-refractivity contribution in [2.24, 2.45) is 0 Å². The minimum absolute atomic E-state index is 0.185. The van der Waals surface area contributed by atoms with Crippen molar-refractivity contribution in [3.8, 4) is 0 Å². The quantitative estimate of drug-likeness (QED) is 0.874. The van der Waals surface area contributed by atoms with Gasteiger partial charge in [-0.05, 0) is 17.7 Å². The zero-order chi connectivity index (χ0) is 13.7. The molecule has 0 saturated carbocycles. The molecule has 2 N–H and O–H groups in total. The van der Waals surface area contributed by atoms with Crippen LogP contribution < -0.4 is 4.72 Å². The largest absolute Gasteiger partial charge is 0.394 e. The van der Waals surface area contributed by atoms with E-state index in [1.165, 1.54) is 12.1 Å². The van der Waals surface area contributed by atoms with Gasteiger partial charge in [0.15, 0.2) is 0 Å². The second kappa shape index (κ2) is 5.97. The minimum atomic E-state index is -3.63. The fourth-order valence-corrected chi connectivity index (χ4v) is 2.99. The van der Waals surface area contributed by atoms with Crippen LogP contribution >= 0.6 is 0 Å². The molecule has 5 heteroatoms. The van der Waals surface area contributed by atoms with Crippen LogP contribution in [0.4, 0.5) is 0 Å². The molecular formula is C14H15NO3S. The third-order valence-electron chi connectivity index (χ3n) is 2.74. The summed E-state index contributed by atoms with van der Waals surface area (Å²) in [7, 11) is -3.63. The van der Waals surface area contributed by atoms with Gasteiger partial charge < -0.3 is 5.11 Å². The third kappa shape index (κ3) is 3.41. The highest BCUT2D eigenvalue weighted by Crippen LogP contribution is 2.16. The van der Waals surface area contributed by atoms with Gasteiger partial charge in [0.25, 0.3) is 0 Å². The Morgan fingerprint density at radius 3 is 2.00 bits per heavy atom. The molecule has 2 aromatic rings. The predicted molar refractivity (Wildman–Crippen MR) is 73.0 cm³/mol. The van der Waals surface area contributed by atoms with Gasteiger partial charge in [-0.2, -0.15) is 0 Å². The number of aliphatic hydroxyl groups is 1. The molecule has 4 nitrogen and oxygen atoms in total. The number of rotatable bonds is 5. The van der Waals surface area contributed by atoms with E-state index in [0.29, 0.717) is 0 Å². The predicted octanol–water partition coefficient (Wildman–Crippen LogP) is 1.70. The molecular weight excluding hydrogens is 262 g/mol. The number of hydrogen-bond acceptors (Lipinski definition) is 3. The van der Waals surface area contributed by atoms with E-state index in [0.717, 1.165) is 5.56 Å². The summed E-state index contributed by atoms with van der Waals surface area (Å²) in [5, 5.41) is 9.36. The molecule has 0 aliphatic carbocycles. The highest BCUT2D eigenvalue weighted by molar-refractivity contribution is 7.89. The molecule has 2 aromatic carbocycles. The van der Waals surface area contributed by atoms with Crippen LogP contribution in [0.2, 0.25) is 0 Å². The molecule has 0 aromatic heterocycles. The van der Waals surface area contributed by atoms with E-state index in [2.05, 4.69) is 4.72 Å². The van der Waals surface area contributed by atoms with Crippen molar-refractivity contribution in [2.45, 2.75) is 10.9 Å². The molecule has 0 aliphatic rings. The van der Waals surface area contributed by atoms with Crippen molar-refractivity contribution in [3.05, 3.63) is 66.2 Å². The van der Waals surface area contributed by atoms with Gasteiger partial charge in [0.1, 0.15) is 0 Å². The van der Waals surface area contributed by atoms with Crippen molar-refractivity contribution in [2.75, 3.05) is 6.61 Å². The van der Waals surface area contributed by atoms with Gasteiger partial charge in [-0.3, -0.25) is 0 Å². The van der Waals surface area contributed by atoms with Gasteiger partial charge in [0, 0.05) is 0 Å². The highest BCUT2D eigenvalue weighted by atomic mass is 32.2. The summed E-state index contributed by atoms with van der Waals surface area (Å²) in [4.78, 5) is 0.185. The van der Waals surface area contributed by atoms with E-state index in [1.54, 1.807) is 42.5 Å². The van der Waals surface area contributed by atoms with Crippen molar-refractivity contribution in [1.29, 1.82) is 0 Å². The van der Waals surface area contributed by atoms with Gasteiger partial charge in [-0.15, -0.1) is 0 Å². The number of benzene rings is 2. The molecule has 0 amide bonds. The Balaban J connectivity index is 2.24. The standard InChI is InChI=1S/C14H15NO3S/c16-11-14(12-7-3-1-4-8-12)15-19(17,18)13-9-5-2-6-10-13/h1-10,14-16H,11H2/t14-/m1/s1. The highest BCUT2D eigenvalue weighted by Gasteiger charge is 2.20. The molecule has 0 unspecified atom stereocenters. The Bertz CT molecular complexity index is 612. The first-order valence-corrected chi connectivity index (χ1v) is 7.35. The number of sulfonamides is 1. The van der Waals surface area contributed by atoms with E-state index < -0.39 is 16.1 Å². The molecule has 0 aliphatic heterocycles. The first-order valence-electron chi connectivity index (χ1n) is 5.86. The molecule has 0 bridgehead atoms. The van der Waals surface area contributed by atoms with Crippen LogP contribution in [0.3, 0.4) is 0 Å². The van der Waals surface area contributed by atoms with E-state index in [1.807, 2.05) is 6.07 Å². The van der Waals surface area contributed by atoms with Crippen LogP contribution in [0.15, 0.2) is 65.6 Å². The summed E-state index contributed by atoms with van der Waals surface area (Å²) in [5.74, 6) is 0. The average Bonchev–Trinajstić information content (AvgIpc) is 2.47. The van der Waals surface area contributed by atoms with E-state index in [4.69, 9.17) is 0 Å². The van der Waals surface area contributed by atoms with Crippen molar-refractivity contribution >= 4 is 10.0 Å². The fourth-order valence-electron chi connectivity index (χ4n) is 1.75. The lowest BCUT2D eigenvalue weighted by Gasteiger charge is -2.16. The molecule has 19 heavy (non-hydrogen) atoms. The summed E-state index contributed by atoms with van der Waals surface area (Å²) in [6.45, 7) is -0.296. The topological polar surface area (TPSA) is 66.4 Å². The molecule has 0 spiro atoms. The van der Waals surface area contributed by atoms with Gasteiger partial charge in [0.2, 0.25) is 10.0 Å². The minimum Gasteiger partial charge on any atom is -0.394 e. The Morgan fingerprint density at radius 2 is 1.47 bits per heavy atom. The van der Waals surface area contributed by atoms with Crippen LogP contribution in [0, 0.1) is 0 Å². The van der Waals surface area contributed by atoms with Gasteiger partial charge in [-0.1, -0.05) is 48.5 Å². The monoisotopic (exact) mass is 277 g/mol. The molecule has 1 atom stereocenters. The number of hydrogen-bond donors (Lipinski definition) is 2. The molecule has 2 rings (SSSR count). The Labute approximate surface area is 112 Å². The summed E-state index contributed by atoms with van der Waals surface area (Å²) in [6.07, 6.45) is 0. The van der Waals surface area contributed by atoms with Crippen LogP contribution in [-0.2, 0) is 10.0 Å². The second-order valence-corrected chi connectivity index (χ2v) is 5.79. The lowest BCUT2D eigenvalue weighted by Crippen LogP contribution is -2.30. The van der Waals surface area contributed by atoms with Crippen molar-refractivity contribution in [3.63, 3.8) is 0 Å². The van der Waals surface area contributed by atoms with E-state index in [9.17, 15) is 13.5 Å². The van der Waals surface area contributed by atoms with Crippen molar-refractivity contribution in [1.82, 2.24) is 4.72 Å². The average molecular weight is 277 g/mol. The smallest absolute Gasteiger partial charge is 0.241 e. The summed E-state index contributed by atoms with van der Waals surface area (Å²) < 4.78 is 26.8. The third-order valence-corrected chi connectivity index (χ3v) is 4.22. The normalized spacial score (nSPS) is 13.1. The number of nitrogens with one attached hydrogen (secondary N) is 1. The SMILES string of the molecule is O=S(=O)(N[C@H](CO)c1ccccc1)c1ccccc1. The maximum absolute atomic E-state index is 12.2. The molecule has 0 saturated heterocycles. The first kappa shape index (κ1) is 13.7. The van der Waals surface area contributed by atoms with Crippen LogP contribution in [0.25, 0.3) is 0 Å². The van der Waals surface area contributed by atoms with Gasteiger partial charge in [-0.25, -0.2) is 13.1 Å². The Morgan fingerprint density at radius 1 is 0.947 bits per heavy atom. The maximum atomic E-state index is 12.2. The first-order chi connectivity index (χ1) is 9.13. The van der Waals surface area contributed by atoms with E-state index >= 15 is 0 Å². The van der Waals surface area contributed by atoms with Crippen LogP contribution in [0.1, 0.15) is 11.6 Å². The Kier molecular flexibility index (Phi) is 4.31. The lowest BCUT2D eigenvalue weighted by atomic mass is 10.1. The fraction of sp³-hybridized carbons (Fsp3) is 0.143. The lowest BCUT2D eigenvalue weighted by molar-refractivity contribution is 0.259. The second-order valence-electron chi connectivity index (χ2n) is 4.08. The number of aliphatic hydroxyl groups excluding tert-OH is 1. The molecule has 0 fully saturated rings. The molecule has 0 heterocycles. The van der Waals surface area contributed by atoms with Crippen LogP contribution in [-0.4, -0.2) is 20.1 Å². The molecule has 100 valence electrons. The van der Waals surface area contributed by atoms with Gasteiger partial charge >= 0.3 is 0 Å². The zero-order valence-corrected chi connectivity index (χ0v) is 11.0. The summed E-state index contributed by atoms with van der Waals surface area (Å²) in [6, 6.07) is 16.4. The van der Waals surface area contributed by atoms with E-state index in [-0.39, 0.29) is 11.5 Å². The van der Waals surface area contributed by atoms with Gasteiger partial charge in [0.05, 0.1) is 17.5 Å². The van der Waals surface area contributed by atoms with Crippen molar-refractivity contribution < 1.29 is 13.5 Å². The van der Waals surface area contributed by atoms with Crippen LogP contribution in [0.5, 0.6) is 0 Å². The zero-order valence-electron chi connectivity index (χ0n) is 10.2. The summed E-state index contributed by atoms with van der Waals surface area (Å²) in [5.41, 5.74) is 0.726. The molecule has 0 radical (unpaired) electrons. The maximum Gasteiger partial charge on any atom is 0.241 e. The summed E-state index contributed by atoms with van der Waals surface area (Å²) >= 11 is 0.